The summed E-state index contributed by atoms with van der Waals surface area (Å²) < 4.78 is 60.7. The molecule has 2 aromatic rings. The lowest BCUT2D eigenvalue weighted by Gasteiger charge is -2.42. The van der Waals surface area contributed by atoms with E-state index in [9.17, 15) is 13.2 Å². The Morgan fingerprint density at radius 3 is 2.39 bits per heavy atom. The number of nitrogens with zero attached hydrogens (tertiary/aromatic N) is 6. The van der Waals surface area contributed by atoms with Gasteiger partial charge in [0, 0.05) is 45.8 Å². The van der Waals surface area contributed by atoms with Crippen LogP contribution in [0, 0.1) is 5.82 Å². The van der Waals surface area contributed by atoms with E-state index in [2.05, 4.69) is 25.6 Å². The maximum absolute atomic E-state index is 15.6. The van der Waals surface area contributed by atoms with E-state index >= 15 is 8.78 Å². The van der Waals surface area contributed by atoms with Gasteiger partial charge in [-0.15, -0.1) is 0 Å². The normalized spacial score (nSPS) is 23.9. The third-order valence-corrected chi connectivity index (χ3v) is 12.3. The number of carbonyl (C=O) groups excluding carboxylic acids is 1. The quantitative estimate of drug-likeness (QED) is 0.452. The summed E-state index contributed by atoms with van der Waals surface area (Å²) in [6, 6.07) is 0. The standard InChI is InChI=1S/C29H43F2N9O3S/c1-37-13-15-39(16-14-37)44(42,43)20-7-11-38(12-8-20)25-21(30)17-33-18-22(25)35-28(41)24-26(32)36-40-27(24)34-19-23(31)29(40)9-5-3-2-4-6-10-29/h17-18,20,23,34H,2-16,19H2,1H3,(H2,32,36)(H,35,41). The molecule has 0 aromatic carbocycles. The van der Waals surface area contributed by atoms with Gasteiger partial charge in [0.2, 0.25) is 10.0 Å². The van der Waals surface area contributed by atoms with E-state index in [1.807, 2.05) is 7.05 Å². The Hall–Kier alpha value is -3.04. The Kier molecular flexibility index (Phi) is 8.72. The van der Waals surface area contributed by atoms with Crippen LogP contribution in [0.25, 0.3) is 0 Å². The highest BCUT2D eigenvalue weighted by Gasteiger charge is 2.47. The summed E-state index contributed by atoms with van der Waals surface area (Å²) in [6.45, 7) is 2.97. The molecule has 0 radical (unpaired) electrons. The fraction of sp³-hybridized carbons (Fsp3) is 0.690. The second-order valence-corrected chi connectivity index (χ2v) is 14.9. The molecule has 12 nitrogen and oxygen atoms in total. The van der Waals surface area contributed by atoms with E-state index in [0.29, 0.717) is 70.8 Å². The number of anilines is 4. The third kappa shape index (κ3) is 5.62. The largest absolute Gasteiger partial charge is 0.381 e. The zero-order chi connectivity index (χ0) is 31.1. The molecule has 1 atom stereocenters. The van der Waals surface area contributed by atoms with Crippen molar-refractivity contribution in [3.63, 3.8) is 0 Å². The minimum absolute atomic E-state index is 0.0265. The molecule has 5 heterocycles. The molecule has 1 unspecified atom stereocenters. The van der Waals surface area contributed by atoms with Crippen LogP contribution in [0.1, 0.15) is 68.1 Å². The number of nitrogens with two attached hydrogens (primary N) is 1. The van der Waals surface area contributed by atoms with Crippen LogP contribution in [0.4, 0.5) is 31.8 Å². The molecule has 1 amide bonds. The fourth-order valence-electron chi connectivity index (χ4n) is 7.35. The van der Waals surface area contributed by atoms with Crippen molar-refractivity contribution in [2.45, 2.75) is 74.7 Å². The second-order valence-electron chi connectivity index (χ2n) is 12.6. The van der Waals surface area contributed by atoms with E-state index in [-0.39, 0.29) is 29.3 Å². The molecule has 2 aromatic heterocycles. The topological polar surface area (TPSA) is 142 Å². The number of alkyl halides is 1. The SMILES string of the molecule is CN1CCN(S(=O)(=O)C2CCN(c3c(F)cncc3NC(=O)c3c(N)nn4c3NCC(F)C43CCCCCCC3)CC2)CC1. The number of hydrogen-bond acceptors (Lipinski definition) is 9. The van der Waals surface area contributed by atoms with Crippen LogP contribution in [-0.4, -0.2) is 103 Å². The number of piperazine rings is 1. The summed E-state index contributed by atoms with van der Waals surface area (Å²) in [7, 11) is -1.49. The highest BCUT2D eigenvalue weighted by Crippen LogP contribution is 2.44. The number of pyridine rings is 1. The van der Waals surface area contributed by atoms with E-state index in [1.54, 1.807) is 13.9 Å². The molecule has 1 spiro atoms. The van der Waals surface area contributed by atoms with Gasteiger partial charge in [0.25, 0.3) is 5.91 Å². The molecule has 6 rings (SSSR count). The Bertz CT molecular complexity index is 1460. The number of carbonyl (C=O) groups is 1. The third-order valence-electron chi connectivity index (χ3n) is 9.94. The van der Waals surface area contributed by atoms with Crippen molar-refractivity contribution in [3.8, 4) is 0 Å². The van der Waals surface area contributed by atoms with Gasteiger partial charge >= 0.3 is 0 Å². The first-order chi connectivity index (χ1) is 21.1. The number of fused-ring (bicyclic) bond motifs is 2. The molecule has 3 fully saturated rings. The van der Waals surface area contributed by atoms with Gasteiger partial charge in [-0.1, -0.05) is 32.1 Å². The monoisotopic (exact) mass is 635 g/mol. The van der Waals surface area contributed by atoms with Crippen LogP contribution < -0.4 is 21.3 Å². The van der Waals surface area contributed by atoms with Crippen molar-refractivity contribution in [2.75, 3.05) is 74.1 Å². The molecule has 1 aliphatic carbocycles. The number of amides is 1. The van der Waals surface area contributed by atoms with Crippen molar-refractivity contribution < 1.29 is 22.0 Å². The molecular weight excluding hydrogens is 592 g/mol. The molecule has 242 valence electrons. The summed E-state index contributed by atoms with van der Waals surface area (Å²) in [4.78, 5) is 21.6. The first-order valence-electron chi connectivity index (χ1n) is 15.8. The summed E-state index contributed by atoms with van der Waals surface area (Å²) in [5.41, 5.74) is 5.82. The van der Waals surface area contributed by atoms with Crippen LogP contribution >= 0.6 is 0 Å². The van der Waals surface area contributed by atoms with Crippen LogP contribution in [0.15, 0.2) is 12.4 Å². The number of aromatic nitrogens is 3. The summed E-state index contributed by atoms with van der Waals surface area (Å²) >= 11 is 0. The average molecular weight is 636 g/mol. The highest BCUT2D eigenvalue weighted by atomic mass is 32.2. The zero-order valence-electron chi connectivity index (χ0n) is 25.3. The predicted octanol–water partition coefficient (Wildman–Crippen LogP) is 3.00. The first kappa shape index (κ1) is 31.0. The maximum atomic E-state index is 15.6. The number of likely N-dealkylation sites (N-methyl/N-ethyl adjacent to an activating group) is 1. The molecule has 4 aliphatic rings. The molecule has 2 saturated heterocycles. The molecule has 1 saturated carbocycles. The average Bonchev–Trinajstić information content (AvgIpc) is 3.33. The van der Waals surface area contributed by atoms with E-state index in [4.69, 9.17) is 5.73 Å². The second kappa shape index (κ2) is 12.4. The first-order valence-corrected chi connectivity index (χ1v) is 17.3. The Morgan fingerprint density at radius 2 is 1.70 bits per heavy atom. The number of halogens is 2. The molecule has 15 heteroatoms. The van der Waals surface area contributed by atoms with Gasteiger partial charge in [0.15, 0.2) is 11.6 Å². The van der Waals surface area contributed by atoms with Gasteiger partial charge < -0.3 is 26.2 Å². The molecule has 0 bridgehead atoms. The predicted molar refractivity (Wildman–Crippen MR) is 166 cm³/mol. The minimum Gasteiger partial charge on any atom is -0.381 e. The Balaban J connectivity index is 1.21. The van der Waals surface area contributed by atoms with Crippen molar-refractivity contribution in [1.82, 2.24) is 24.0 Å². The lowest BCUT2D eigenvalue weighted by molar-refractivity contribution is 0.0691. The Labute approximate surface area is 257 Å². The number of rotatable bonds is 5. The van der Waals surface area contributed by atoms with Gasteiger partial charge in [-0.05, 0) is 32.7 Å². The van der Waals surface area contributed by atoms with Crippen molar-refractivity contribution >= 4 is 38.9 Å². The summed E-state index contributed by atoms with van der Waals surface area (Å²) in [5.74, 6) is -0.882. The van der Waals surface area contributed by atoms with Crippen LogP contribution in [-0.2, 0) is 15.6 Å². The van der Waals surface area contributed by atoms with Gasteiger partial charge in [0.1, 0.15) is 23.2 Å². The van der Waals surface area contributed by atoms with Gasteiger partial charge in [0.05, 0.1) is 28.9 Å². The highest BCUT2D eigenvalue weighted by molar-refractivity contribution is 7.89. The van der Waals surface area contributed by atoms with Gasteiger partial charge in [-0.2, -0.15) is 9.40 Å². The number of nitrogen functional groups attached to an aromatic ring is 1. The van der Waals surface area contributed by atoms with E-state index in [1.165, 1.54) is 6.20 Å². The molecule has 3 aliphatic heterocycles. The number of nitrogens with one attached hydrogen (secondary N) is 2. The van der Waals surface area contributed by atoms with E-state index < -0.39 is 38.7 Å². The van der Waals surface area contributed by atoms with E-state index in [0.717, 1.165) is 38.3 Å². The smallest absolute Gasteiger partial charge is 0.263 e. The van der Waals surface area contributed by atoms with Crippen molar-refractivity contribution in [3.05, 3.63) is 23.8 Å². The van der Waals surface area contributed by atoms with Crippen LogP contribution in [0.3, 0.4) is 0 Å². The fourth-order valence-corrected chi connectivity index (χ4v) is 9.25. The lowest BCUT2D eigenvalue weighted by atomic mass is 9.79. The molecule has 4 N–H and O–H groups in total. The maximum Gasteiger partial charge on any atom is 0.263 e. The van der Waals surface area contributed by atoms with Gasteiger partial charge in [-0.25, -0.2) is 21.9 Å². The minimum atomic E-state index is -3.47. The van der Waals surface area contributed by atoms with Crippen LogP contribution in [0.5, 0.6) is 0 Å². The summed E-state index contributed by atoms with van der Waals surface area (Å²) in [5, 5.41) is 9.76. The van der Waals surface area contributed by atoms with Crippen molar-refractivity contribution in [2.24, 2.45) is 0 Å². The number of sulfonamides is 1. The van der Waals surface area contributed by atoms with Gasteiger partial charge in [-0.3, -0.25) is 9.78 Å². The van der Waals surface area contributed by atoms with Crippen LogP contribution in [0.2, 0.25) is 0 Å². The summed E-state index contributed by atoms with van der Waals surface area (Å²) in [6.07, 6.45) is 8.09. The van der Waals surface area contributed by atoms with Crippen molar-refractivity contribution in [1.29, 1.82) is 0 Å². The Morgan fingerprint density at radius 1 is 1.05 bits per heavy atom. The zero-order valence-corrected chi connectivity index (χ0v) is 26.1. The molecular formula is C29H43F2N9O3S. The molecule has 44 heavy (non-hydrogen) atoms. The number of hydrogen-bond donors (Lipinski definition) is 3. The number of piperidine rings is 1. The lowest BCUT2D eigenvalue weighted by Crippen LogP contribution is -2.52.